The van der Waals surface area contributed by atoms with Gasteiger partial charge in [-0.1, -0.05) is 134 Å². The number of aryl methyl sites for hydroxylation is 1. The number of ether oxygens (including phenoxy) is 2. The molecule has 12 nitrogen and oxygen atoms in total. The van der Waals surface area contributed by atoms with Crippen molar-refractivity contribution in [3.05, 3.63) is 60.0 Å². The molecule has 1 unspecified atom stereocenters. The third-order valence-corrected chi connectivity index (χ3v) is 11.6. The van der Waals surface area contributed by atoms with Crippen LogP contribution < -0.4 is 5.73 Å². The molecule has 1 aliphatic rings. The van der Waals surface area contributed by atoms with E-state index in [4.69, 9.17) is 24.3 Å². The van der Waals surface area contributed by atoms with Gasteiger partial charge in [0.15, 0.2) is 5.82 Å². The SMILES string of the molecule is CCCCCCCCCCCCCCCCCCOC[C@@H](CCc1ccccc1)COP(=O)(O)OC[C@@]1(C)O[C@@H](c2ccc3c(N)ncnn23)[C@H](O)[C@@H]1O. The molecular weight excluding hydrogens is 707 g/mol. The lowest BCUT2D eigenvalue weighted by atomic mass is 9.97. The van der Waals surface area contributed by atoms with Crippen molar-refractivity contribution in [3.63, 3.8) is 0 Å². The highest BCUT2D eigenvalue weighted by molar-refractivity contribution is 7.47. The molecule has 3 heterocycles. The van der Waals surface area contributed by atoms with Crippen molar-refractivity contribution in [2.24, 2.45) is 5.92 Å². The highest BCUT2D eigenvalue weighted by Gasteiger charge is 2.53. The first-order valence-corrected chi connectivity index (χ1v) is 22.0. The molecule has 0 saturated carbocycles. The third-order valence-electron chi connectivity index (χ3n) is 10.6. The summed E-state index contributed by atoms with van der Waals surface area (Å²) in [5.41, 5.74) is 6.56. The van der Waals surface area contributed by atoms with Gasteiger partial charge in [-0.2, -0.15) is 5.10 Å². The molecule has 5 N–H and O–H groups in total. The van der Waals surface area contributed by atoms with E-state index in [1.165, 1.54) is 113 Å². The van der Waals surface area contributed by atoms with Gasteiger partial charge in [0.2, 0.25) is 0 Å². The van der Waals surface area contributed by atoms with Crippen LogP contribution in [0.2, 0.25) is 0 Å². The highest BCUT2D eigenvalue weighted by Crippen LogP contribution is 2.48. The first kappa shape index (κ1) is 44.3. The summed E-state index contributed by atoms with van der Waals surface area (Å²) in [6, 6.07) is 13.4. The van der Waals surface area contributed by atoms with Crippen molar-refractivity contribution in [1.82, 2.24) is 14.6 Å². The van der Waals surface area contributed by atoms with E-state index in [1.807, 2.05) is 18.2 Å². The zero-order valence-electron chi connectivity index (χ0n) is 32.7. The number of fused-ring (bicyclic) bond motifs is 1. The number of nitrogens with two attached hydrogens (primary N) is 1. The molecule has 0 bridgehead atoms. The van der Waals surface area contributed by atoms with E-state index in [0.717, 1.165) is 19.3 Å². The topological polar surface area (TPSA) is 171 Å². The molecule has 1 fully saturated rings. The monoisotopic (exact) mass is 774 g/mol. The number of aromatic nitrogens is 3. The first-order valence-electron chi connectivity index (χ1n) is 20.5. The average molecular weight is 775 g/mol. The van der Waals surface area contributed by atoms with E-state index < -0.39 is 38.3 Å². The maximum absolute atomic E-state index is 13.1. The molecule has 0 spiro atoms. The van der Waals surface area contributed by atoms with Crippen LogP contribution in [-0.4, -0.2) is 73.9 Å². The molecule has 0 amide bonds. The predicted octanol–water partition coefficient (Wildman–Crippen LogP) is 8.52. The van der Waals surface area contributed by atoms with Crippen molar-refractivity contribution in [1.29, 1.82) is 0 Å². The maximum atomic E-state index is 13.1. The van der Waals surface area contributed by atoms with Crippen LogP contribution in [-0.2, 0) is 29.5 Å². The van der Waals surface area contributed by atoms with E-state index in [9.17, 15) is 19.7 Å². The number of aliphatic hydroxyl groups is 2. The number of anilines is 1. The zero-order chi connectivity index (χ0) is 38.7. The number of nitrogen functional groups attached to an aromatic ring is 1. The van der Waals surface area contributed by atoms with Gasteiger partial charge in [0.25, 0.3) is 0 Å². The summed E-state index contributed by atoms with van der Waals surface area (Å²) in [6.07, 6.45) is 20.0. The van der Waals surface area contributed by atoms with Gasteiger partial charge in [-0.15, -0.1) is 0 Å². The number of benzene rings is 1. The second kappa shape index (κ2) is 23.6. The summed E-state index contributed by atoms with van der Waals surface area (Å²) >= 11 is 0. The van der Waals surface area contributed by atoms with Gasteiger partial charge in [-0.05, 0) is 43.9 Å². The summed E-state index contributed by atoms with van der Waals surface area (Å²) in [4.78, 5) is 14.6. The predicted molar refractivity (Wildman–Crippen MR) is 212 cm³/mol. The van der Waals surface area contributed by atoms with Crippen molar-refractivity contribution >= 4 is 19.2 Å². The molecule has 0 aliphatic carbocycles. The third kappa shape index (κ3) is 14.6. The molecule has 6 atom stereocenters. The zero-order valence-corrected chi connectivity index (χ0v) is 33.6. The van der Waals surface area contributed by atoms with Gasteiger partial charge in [-0.3, -0.25) is 9.05 Å². The summed E-state index contributed by atoms with van der Waals surface area (Å²) in [5, 5.41) is 26.0. The van der Waals surface area contributed by atoms with Crippen molar-refractivity contribution < 1.29 is 38.2 Å². The largest absolute Gasteiger partial charge is 0.472 e. The Morgan fingerprint density at radius 2 is 1.48 bits per heavy atom. The average Bonchev–Trinajstić information content (AvgIpc) is 3.70. The maximum Gasteiger partial charge on any atom is 0.472 e. The Hall–Kier alpha value is -2.41. The number of phosphoric ester groups is 1. The number of hydrogen-bond acceptors (Lipinski definition) is 10. The fourth-order valence-corrected chi connectivity index (χ4v) is 8.07. The van der Waals surface area contributed by atoms with Crippen LogP contribution in [0.15, 0.2) is 48.8 Å². The molecule has 2 aromatic heterocycles. The van der Waals surface area contributed by atoms with Gasteiger partial charge in [0.1, 0.15) is 35.8 Å². The highest BCUT2D eigenvalue weighted by atomic mass is 31.2. The minimum absolute atomic E-state index is 0.0395. The van der Waals surface area contributed by atoms with Crippen LogP contribution in [0.25, 0.3) is 5.52 Å². The Morgan fingerprint density at radius 3 is 2.11 bits per heavy atom. The van der Waals surface area contributed by atoms with E-state index in [-0.39, 0.29) is 18.3 Å². The standard InChI is InChI=1S/C41H67N4O8P/c1-3-4-5-6-7-8-9-10-11-12-13-14-15-16-17-21-28-50-29-34(25-24-33-22-19-18-20-23-33)30-51-54(48,49)52-31-41(2)39(47)37(46)38(53-41)35-26-27-36-40(42)43-32-44-45(35)36/h18-20,22-23,26-27,32,34,37-39,46-47H,3-17,21,24-25,28-31H2,1-2H3,(H,48,49)(H2,42,43,44)/t34-,37+,38+,39+,41-/m1/s1. The molecule has 1 aromatic carbocycles. The number of phosphoric acid groups is 1. The number of unbranched alkanes of at least 4 members (excludes halogenated alkanes) is 15. The fourth-order valence-electron chi connectivity index (χ4n) is 7.18. The molecule has 4 rings (SSSR count). The molecule has 1 aliphatic heterocycles. The normalized spacial score (nSPS) is 21.8. The summed E-state index contributed by atoms with van der Waals surface area (Å²) in [7, 11) is -4.56. The summed E-state index contributed by atoms with van der Waals surface area (Å²) in [6.45, 7) is 4.28. The lowest BCUT2D eigenvalue weighted by Gasteiger charge is -2.28. The van der Waals surface area contributed by atoms with Crippen LogP contribution in [0.1, 0.15) is 140 Å². The number of hydrogen-bond donors (Lipinski definition) is 4. The van der Waals surface area contributed by atoms with Crippen molar-refractivity contribution in [2.45, 2.75) is 153 Å². The number of nitrogens with zero attached hydrogens (tertiary/aromatic N) is 3. The molecule has 13 heteroatoms. The Balaban J connectivity index is 1.14. The minimum Gasteiger partial charge on any atom is -0.387 e. The van der Waals surface area contributed by atoms with Crippen molar-refractivity contribution in [2.75, 3.05) is 32.2 Å². The van der Waals surface area contributed by atoms with Crippen LogP contribution in [0, 0.1) is 5.92 Å². The lowest BCUT2D eigenvalue weighted by molar-refractivity contribution is -0.0998. The Bertz CT molecular complexity index is 1510. The van der Waals surface area contributed by atoms with Crippen LogP contribution >= 0.6 is 7.82 Å². The molecule has 54 heavy (non-hydrogen) atoms. The quantitative estimate of drug-likeness (QED) is 0.0394. The van der Waals surface area contributed by atoms with Gasteiger partial charge in [0.05, 0.1) is 25.5 Å². The first-order chi connectivity index (χ1) is 26.1. The Kier molecular flexibility index (Phi) is 19.4. The van der Waals surface area contributed by atoms with E-state index in [1.54, 1.807) is 12.1 Å². The number of rotatable bonds is 29. The van der Waals surface area contributed by atoms with Crippen LogP contribution in [0.5, 0.6) is 0 Å². The molecule has 3 aromatic rings. The molecule has 304 valence electrons. The molecule has 0 radical (unpaired) electrons. The second-order valence-corrected chi connectivity index (χ2v) is 16.7. The van der Waals surface area contributed by atoms with E-state index >= 15 is 0 Å². The van der Waals surface area contributed by atoms with E-state index in [0.29, 0.717) is 30.8 Å². The number of aliphatic hydroxyl groups excluding tert-OH is 2. The summed E-state index contributed by atoms with van der Waals surface area (Å²) < 4.78 is 37.5. The van der Waals surface area contributed by atoms with E-state index in [2.05, 4.69) is 29.1 Å². The van der Waals surface area contributed by atoms with Crippen molar-refractivity contribution in [3.8, 4) is 0 Å². The Morgan fingerprint density at radius 1 is 0.870 bits per heavy atom. The second-order valence-electron chi connectivity index (χ2n) is 15.3. The lowest BCUT2D eigenvalue weighted by Crippen LogP contribution is -2.44. The molecule has 1 saturated heterocycles. The Labute approximate surface area is 322 Å². The van der Waals surface area contributed by atoms with Gasteiger partial charge >= 0.3 is 7.82 Å². The van der Waals surface area contributed by atoms with Crippen LogP contribution in [0.3, 0.4) is 0 Å². The van der Waals surface area contributed by atoms with Gasteiger partial charge in [-0.25, -0.2) is 14.1 Å². The molecular formula is C41H67N4O8P. The summed E-state index contributed by atoms with van der Waals surface area (Å²) in [5.74, 6) is 0.115. The van der Waals surface area contributed by atoms with Gasteiger partial charge in [0, 0.05) is 12.5 Å². The van der Waals surface area contributed by atoms with Gasteiger partial charge < -0.3 is 30.3 Å². The van der Waals surface area contributed by atoms with Crippen LogP contribution in [0.4, 0.5) is 5.82 Å². The smallest absolute Gasteiger partial charge is 0.387 e. The minimum atomic E-state index is -4.56. The fraction of sp³-hybridized carbons (Fsp3) is 0.707.